The van der Waals surface area contributed by atoms with Crippen LogP contribution < -0.4 is 10.9 Å². The number of thiophene rings is 1. The van der Waals surface area contributed by atoms with E-state index in [-0.39, 0.29) is 11.1 Å². The van der Waals surface area contributed by atoms with Crippen LogP contribution in [-0.2, 0) is 6.54 Å². The third-order valence-electron chi connectivity index (χ3n) is 6.95. The molecule has 0 radical (unpaired) electrons. The lowest BCUT2D eigenvalue weighted by molar-refractivity contribution is -0.0209. The van der Waals surface area contributed by atoms with Gasteiger partial charge in [0.1, 0.15) is 16.4 Å². The van der Waals surface area contributed by atoms with Gasteiger partial charge in [-0.25, -0.2) is 4.98 Å². The second-order valence-corrected chi connectivity index (χ2v) is 9.73. The molecule has 4 saturated carbocycles. The molecule has 3 aromatic rings. The van der Waals surface area contributed by atoms with Crippen molar-refractivity contribution >= 4 is 21.6 Å². The van der Waals surface area contributed by atoms with Gasteiger partial charge < -0.3 is 14.7 Å². The van der Waals surface area contributed by atoms with Crippen LogP contribution in [0.1, 0.15) is 44.3 Å². The molecule has 2 N–H and O–H groups in total. The summed E-state index contributed by atoms with van der Waals surface area (Å²) in [6, 6.07) is 3.72. The number of aromatic nitrogens is 2. The smallest absolute Gasteiger partial charge is 0.260 e. The Morgan fingerprint density at radius 2 is 1.96 bits per heavy atom. The average Bonchev–Trinajstić information content (AvgIpc) is 3.28. The highest BCUT2D eigenvalue weighted by Crippen LogP contribution is 2.55. The maximum absolute atomic E-state index is 12.7. The molecule has 3 aromatic heterocycles. The number of fused-ring (bicyclic) bond motifs is 1. The Kier molecular flexibility index (Phi) is 3.44. The lowest BCUT2D eigenvalue weighted by atomic mass is 9.53. The van der Waals surface area contributed by atoms with Crippen molar-refractivity contribution in [1.29, 1.82) is 0 Å². The summed E-state index contributed by atoms with van der Waals surface area (Å²) in [5, 5.41) is 6.42. The molecule has 0 atom stereocenters. The first-order valence-corrected chi connectivity index (χ1v) is 10.8. The molecule has 0 aromatic carbocycles. The van der Waals surface area contributed by atoms with Crippen LogP contribution in [0.25, 0.3) is 21.5 Å². The molecule has 0 saturated heterocycles. The van der Waals surface area contributed by atoms with Crippen molar-refractivity contribution in [3.63, 3.8) is 0 Å². The Morgan fingerprint density at radius 3 is 2.63 bits per heavy atom. The molecule has 5 nitrogen and oxygen atoms in total. The van der Waals surface area contributed by atoms with E-state index >= 15 is 0 Å². The zero-order chi connectivity index (χ0) is 18.0. The van der Waals surface area contributed by atoms with Gasteiger partial charge in [0.2, 0.25) is 0 Å². The van der Waals surface area contributed by atoms with Crippen LogP contribution >= 0.6 is 11.3 Å². The van der Waals surface area contributed by atoms with Gasteiger partial charge in [0.25, 0.3) is 5.56 Å². The number of nitrogens with one attached hydrogen (secondary N) is 2. The van der Waals surface area contributed by atoms with Crippen LogP contribution in [0.15, 0.2) is 33.0 Å². The van der Waals surface area contributed by atoms with Crippen molar-refractivity contribution < 1.29 is 4.42 Å². The fourth-order valence-corrected chi connectivity index (χ4v) is 7.24. The van der Waals surface area contributed by atoms with E-state index in [0.29, 0.717) is 17.7 Å². The maximum Gasteiger partial charge on any atom is 0.260 e. The Balaban J connectivity index is 1.28. The number of H-pyrrole nitrogens is 1. The van der Waals surface area contributed by atoms with E-state index in [1.165, 1.54) is 49.9 Å². The fourth-order valence-electron chi connectivity index (χ4n) is 6.29. The Labute approximate surface area is 161 Å². The molecule has 4 aliphatic rings. The lowest BCUT2D eigenvalue weighted by Crippen LogP contribution is -2.58. The molecule has 6 heteroatoms. The molecule has 4 fully saturated rings. The van der Waals surface area contributed by atoms with Crippen molar-refractivity contribution in [1.82, 2.24) is 15.3 Å². The molecule has 140 valence electrons. The standard InChI is InChI=1S/C21H23N3O2S/c25-19-18-15(16-2-1-3-26-16)11-27-20(18)24-17(23-19)10-22-21-7-12-4-13(8-21)6-14(5-12)9-21/h1-3,11-14,22H,4-10H2,(H,23,24,25). The SMILES string of the molecule is O=c1[nH]c(CNC23CC4CC(CC(C4)C2)C3)nc2scc(-c3ccco3)c12. The summed E-state index contributed by atoms with van der Waals surface area (Å²) in [5.74, 6) is 4.19. The summed E-state index contributed by atoms with van der Waals surface area (Å²) >= 11 is 1.51. The molecule has 4 bridgehead atoms. The van der Waals surface area contributed by atoms with E-state index in [1.807, 2.05) is 17.5 Å². The third-order valence-corrected chi connectivity index (χ3v) is 7.82. The van der Waals surface area contributed by atoms with Crippen LogP contribution in [0, 0.1) is 17.8 Å². The number of hydrogen-bond acceptors (Lipinski definition) is 5. The summed E-state index contributed by atoms with van der Waals surface area (Å²) in [4.78, 5) is 21.3. The van der Waals surface area contributed by atoms with Crippen molar-refractivity contribution in [2.45, 2.75) is 50.6 Å². The van der Waals surface area contributed by atoms with Gasteiger partial charge in [-0.05, 0) is 68.4 Å². The molecule has 0 unspecified atom stereocenters. The van der Waals surface area contributed by atoms with Gasteiger partial charge in [0.15, 0.2) is 0 Å². The zero-order valence-electron chi connectivity index (χ0n) is 15.2. The highest BCUT2D eigenvalue weighted by molar-refractivity contribution is 7.17. The maximum atomic E-state index is 12.7. The number of nitrogens with zero attached hydrogens (tertiary/aromatic N) is 1. The Morgan fingerprint density at radius 1 is 1.22 bits per heavy atom. The first-order chi connectivity index (χ1) is 13.2. The van der Waals surface area contributed by atoms with Gasteiger partial charge in [-0.2, -0.15) is 0 Å². The molecule has 0 spiro atoms. The number of furan rings is 1. The van der Waals surface area contributed by atoms with Crippen LogP contribution in [0.5, 0.6) is 0 Å². The summed E-state index contributed by atoms with van der Waals surface area (Å²) in [6.07, 6.45) is 9.84. The van der Waals surface area contributed by atoms with Gasteiger partial charge in [-0.3, -0.25) is 4.79 Å². The average molecular weight is 382 g/mol. The zero-order valence-corrected chi connectivity index (χ0v) is 16.0. The Bertz CT molecular complexity index is 1010. The predicted octanol–water partition coefficient (Wildman–Crippen LogP) is 4.30. The van der Waals surface area contributed by atoms with Crippen LogP contribution in [-0.4, -0.2) is 15.5 Å². The van der Waals surface area contributed by atoms with E-state index in [2.05, 4.69) is 10.3 Å². The minimum absolute atomic E-state index is 0.0741. The van der Waals surface area contributed by atoms with Gasteiger partial charge in [0, 0.05) is 16.5 Å². The molecular formula is C21H23N3O2S. The van der Waals surface area contributed by atoms with Gasteiger partial charge in [-0.15, -0.1) is 11.3 Å². The molecule has 27 heavy (non-hydrogen) atoms. The quantitative estimate of drug-likeness (QED) is 0.707. The molecule has 7 rings (SSSR count). The summed E-state index contributed by atoms with van der Waals surface area (Å²) in [5.41, 5.74) is 1.03. The van der Waals surface area contributed by atoms with Crippen molar-refractivity contribution in [3.05, 3.63) is 40.0 Å². The van der Waals surface area contributed by atoms with Gasteiger partial charge >= 0.3 is 0 Å². The fraction of sp³-hybridized carbons (Fsp3) is 0.524. The van der Waals surface area contributed by atoms with Crippen molar-refractivity contribution in [2.75, 3.05) is 0 Å². The van der Waals surface area contributed by atoms with Crippen molar-refractivity contribution in [2.24, 2.45) is 17.8 Å². The Hall–Kier alpha value is -1.92. The van der Waals surface area contributed by atoms with Gasteiger partial charge in [-0.1, -0.05) is 0 Å². The molecule has 3 heterocycles. The molecule has 4 aliphatic carbocycles. The number of rotatable bonds is 4. The van der Waals surface area contributed by atoms with Crippen LogP contribution in [0.4, 0.5) is 0 Å². The van der Waals surface area contributed by atoms with Crippen LogP contribution in [0.2, 0.25) is 0 Å². The molecule has 0 amide bonds. The number of hydrogen-bond donors (Lipinski definition) is 2. The molecule has 0 aliphatic heterocycles. The van der Waals surface area contributed by atoms with Crippen molar-refractivity contribution in [3.8, 4) is 11.3 Å². The van der Waals surface area contributed by atoms with E-state index in [9.17, 15) is 4.79 Å². The summed E-state index contributed by atoms with van der Waals surface area (Å²) in [7, 11) is 0. The highest BCUT2D eigenvalue weighted by Gasteiger charge is 2.50. The minimum atomic E-state index is -0.0741. The second-order valence-electron chi connectivity index (χ2n) is 8.87. The summed E-state index contributed by atoms with van der Waals surface area (Å²) in [6.45, 7) is 0.644. The lowest BCUT2D eigenvalue weighted by Gasteiger charge is -2.57. The van der Waals surface area contributed by atoms with E-state index in [0.717, 1.165) is 34.0 Å². The first kappa shape index (κ1) is 16.1. The first-order valence-electron chi connectivity index (χ1n) is 9.97. The third kappa shape index (κ3) is 2.61. The topological polar surface area (TPSA) is 70.9 Å². The predicted molar refractivity (Wildman–Crippen MR) is 106 cm³/mol. The monoisotopic (exact) mass is 381 g/mol. The van der Waals surface area contributed by atoms with Gasteiger partial charge in [0.05, 0.1) is 18.2 Å². The van der Waals surface area contributed by atoms with E-state index < -0.39 is 0 Å². The van der Waals surface area contributed by atoms with E-state index in [4.69, 9.17) is 9.40 Å². The normalized spacial score (nSPS) is 31.8. The minimum Gasteiger partial charge on any atom is -0.464 e. The molecular weight excluding hydrogens is 358 g/mol. The number of aromatic amines is 1. The highest BCUT2D eigenvalue weighted by atomic mass is 32.1. The summed E-state index contributed by atoms with van der Waals surface area (Å²) < 4.78 is 5.47. The van der Waals surface area contributed by atoms with E-state index in [1.54, 1.807) is 6.26 Å². The second kappa shape index (κ2) is 5.79. The van der Waals surface area contributed by atoms with Crippen LogP contribution in [0.3, 0.4) is 0 Å². The largest absolute Gasteiger partial charge is 0.464 e.